The Bertz CT molecular complexity index is 236. The van der Waals surface area contributed by atoms with Crippen molar-refractivity contribution >= 4 is 5.97 Å². The lowest BCUT2D eigenvalue weighted by Gasteiger charge is -2.29. The highest BCUT2D eigenvalue weighted by atomic mass is 16.6. The molecule has 0 bridgehead atoms. The fourth-order valence-electron chi connectivity index (χ4n) is 1.29. The maximum atomic E-state index is 11.9. The number of allylic oxidation sites excluding steroid dienone is 2. The van der Waals surface area contributed by atoms with Crippen LogP contribution >= 0.6 is 0 Å². The minimum Gasteiger partial charge on any atom is -0.460 e. The van der Waals surface area contributed by atoms with Gasteiger partial charge in [0, 0.05) is 0 Å². The molecule has 0 spiro atoms. The van der Waals surface area contributed by atoms with Gasteiger partial charge in [0.25, 0.3) is 0 Å². The summed E-state index contributed by atoms with van der Waals surface area (Å²) in [4.78, 5) is 11.9. The van der Waals surface area contributed by atoms with Gasteiger partial charge in [-0.1, -0.05) is 12.2 Å². The Kier molecular flexibility index (Phi) is 4.79. The standard InChI is InChI=1S/C13H22O2/c1-7-9-13(6,10-8-2)11(14)15-12(3,4)5/h7-8H,1-2,9-10H2,3-6H3. The minimum absolute atomic E-state index is 0.185. The van der Waals surface area contributed by atoms with Crippen molar-refractivity contribution in [2.75, 3.05) is 0 Å². The van der Waals surface area contributed by atoms with E-state index in [1.54, 1.807) is 12.2 Å². The zero-order valence-corrected chi connectivity index (χ0v) is 10.3. The Labute approximate surface area is 93.0 Å². The van der Waals surface area contributed by atoms with Gasteiger partial charge in [-0.05, 0) is 40.5 Å². The molecule has 0 N–H and O–H groups in total. The summed E-state index contributed by atoms with van der Waals surface area (Å²) < 4.78 is 5.37. The Morgan fingerprint density at radius 2 is 1.53 bits per heavy atom. The smallest absolute Gasteiger partial charge is 0.312 e. The van der Waals surface area contributed by atoms with Crippen molar-refractivity contribution in [1.82, 2.24) is 0 Å². The monoisotopic (exact) mass is 210 g/mol. The predicted molar refractivity (Wildman–Crippen MR) is 63.6 cm³/mol. The van der Waals surface area contributed by atoms with E-state index in [1.807, 2.05) is 27.7 Å². The summed E-state index contributed by atoms with van der Waals surface area (Å²) in [6, 6.07) is 0. The maximum absolute atomic E-state index is 11.9. The van der Waals surface area contributed by atoms with Crippen LogP contribution in [0.4, 0.5) is 0 Å². The third-order valence-electron chi connectivity index (χ3n) is 2.08. The van der Waals surface area contributed by atoms with Crippen LogP contribution in [0, 0.1) is 5.41 Å². The molecule has 0 saturated carbocycles. The molecule has 0 aromatic carbocycles. The molecule has 0 rings (SSSR count). The summed E-state index contributed by atoms with van der Waals surface area (Å²) in [5.41, 5.74) is -0.975. The van der Waals surface area contributed by atoms with Gasteiger partial charge >= 0.3 is 5.97 Å². The molecule has 0 heterocycles. The van der Waals surface area contributed by atoms with Crippen molar-refractivity contribution in [3.63, 3.8) is 0 Å². The molecule has 86 valence electrons. The summed E-state index contributed by atoms with van der Waals surface area (Å²) >= 11 is 0. The molecule has 0 radical (unpaired) electrons. The molecule has 0 amide bonds. The van der Waals surface area contributed by atoms with Crippen molar-refractivity contribution in [3.8, 4) is 0 Å². The Hall–Kier alpha value is -1.05. The summed E-state index contributed by atoms with van der Waals surface area (Å²) in [6.07, 6.45) is 4.70. The largest absolute Gasteiger partial charge is 0.460 e. The maximum Gasteiger partial charge on any atom is 0.312 e. The molecular weight excluding hydrogens is 188 g/mol. The fraction of sp³-hybridized carbons (Fsp3) is 0.615. The molecule has 0 aromatic rings. The summed E-state index contributed by atoms with van der Waals surface area (Å²) in [5.74, 6) is -0.185. The lowest BCUT2D eigenvalue weighted by Crippen LogP contribution is -2.35. The van der Waals surface area contributed by atoms with Crippen LogP contribution in [0.15, 0.2) is 25.3 Å². The second-order valence-electron chi connectivity index (χ2n) is 5.05. The first kappa shape index (κ1) is 13.9. The van der Waals surface area contributed by atoms with Gasteiger partial charge in [0.2, 0.25) is 0 Å². The highest BCUT2D eigenvalue weighted by Crippen LogP contribution is 2.30. The quantitative estimate of drug-likeness (QED) is 0.513. The van der Waals surface area contributed by atoms with Gasteiger partial charge in [0.05, 0.1) is 5.41 Å². The van der Waals surface area contributed by atoms with Crippen LogP contribution in [0.5, 0.6) is 0 Å². The van der Waals surface area contributed by atoms with Crippen molar-refractivity contribution < 1.29 is 9.53 Å². The van der Waals surface area contributed by atoms with E-state index in [-0.39, 0.29) is 5.97 Å². The predicted octanol–water partition coefficient (Wildman–Crippen LogP) is 3.49. The van der Waals surface area contributed by atoms with Crippen molar-refractivity contribution in [2.45, 2.75) is 46.1 Å². The van der Waals surface area contributed by atoms with E-state index in [0.717, 1.165) is 0 Å². The van der Waals surface area contributed by atoms with Gasteiger partial charge in [-0.3, -0.25) is 4.79 Å². The van der Waals surface area contributed by atoms with Crippen LogP contribution in [0.25, 0.3) is 0 Å². The van der Waals surface area contributed by atoms with E-state index < -0.39 is 11.0 Å². The number of esters is 1. The molecule has 0 aromatic heterocycles. The summed E-state index contributed by atoms with van der Waals surface area (Å²) in [7, 11) is 0. The zero-order chi connectivity index (χ0) is 12.1. The first-order chi connectivity index (χ1) is 6.75. The van der Waals surface area contributed by atoms with E-state index >= 15 is 0 Å². The van der Waals surface area contributed by atoms with Gasteiger partial charge in [0.15, 0.2) is 0 Å². The third kappa shape index (κ3) is 4.82. The molecule has 0 unspecified atom stereocenters. The van der Waals surface area contributed by atoms with E-state index in [4.69, 9.17) is 4.74 Å². The van der Waals surface area contributed by atoms with Crippen LogP contribution in [-0.4, -0.2) is 11.6 Å². The summed E-state index contributed by atoms with van der Waals surface area (Å²) in [5, 5.41) is 0. The second kappa shape index (κ2) is 5.15. The highest BCUT2D eigenvalue weighted by Gasteiger charge is 2.34. The Balaban J connectivity index is 4.69. The van der Waals surface area contributed by atoms with Crippen LogP contribution in [0.1, 0.15) is 40.5 Å². The molecule has 2 nitrogen and oxygen atoms in total. The van der Waals surface area contributed by atoms with E-state index in [9.17, 15) is 4.79 Å². The second-order valence-corrected chi connectivity index (χ2v) is 5.05. The van der Waals surface area contributed by atoms with Crippen LogP contribution in [0.3, 0.4) is 0 Å². The molecule has 0 fully saturated rings. The van der Waals surface area contributed by atoms with Gasteiger partial charge in [-0.15, -0.1) is 13.2 Å². The van der Waals surface area contributed by atoms with E-state index in [2.05, 4.69) is 13.2 Å². The molecule has 0 aliphatic heterocycles. The fourth-order valence-corrected chi connectivity index (χ4v) is 1.29. The normalized spacial score (nSPS) is 12.0. The molecule has 0 aliphatic rings. The molecule has 0 atom stereocenters. The number of carbonyl (C=O) groups excluding carboxylic acids is 1. The highest BCUT2D eigenvalue weighted by molar-refractivity contribution is 5.77. The third-order valence-corrected chi connectivity index (χ3v) is 2.08. The molecule has 15 heavy (non-hydrogen) atoms. The van der Waals surface area contributed by atoms with Crippen LogP contribution in [-0.2, 0) is 9.53 Å². The zero-order valence-electron chi connectivity index (χ0n) is 10.3. The van der Waals surface area contributed by atoms with E-state index in [1.165, 1.54) is 0 Å². The molecule has 0 aliphatic carbocycles. The minimum atomic E-state index is -0.531. The van der Waals surface area contributed by atoms with Crippen LogP contribution in [0.2, 0.25) is 0 Å². The lowest BCUT2D eigenvalue weighted by molar-refractivity contribution is -0.166. The number of carbonyl (C=O) groups is 1. The first-order valence-corrected chi connectivity index (χ1v) is 5.20. The van der Waals surface area contributed by atoms with Crippen molar-refractivity contribution in [3.05, 3.63) is 25.3 Å². The van der Waals surface area contributed by atoms with Crippen molar-refractivity contribution in [1.29, 1.82) is 0 Å². The number of hydrogen-bond donors (Lipinski definition) is 0. The van der Waals surface area contributed by atoms with E-state index in [0.29, 0.717) is 12.8 Å². The molecule has 0 saturated heterocycles. The van der Waals surface area contributed by atoms with Gasteiger partial charge in [-0.25, -0.2) is 0 Å². The van der Waals surface area contributed by atoms with Gasteiger partial charge in [-0.2, -0.15) is 0 Å². The van der Waals surface area contributed by atoms with Gasteiger partial charge in [0.1, 0.15) is 5.60 Å². The number of ether oxygens (including phenoxy) is 1. The lowest BCUT2D eigenvalue weighted by atomic mass is 9.83. The van der Waals surface area contributed by atoms with Gasteiger partial charge < -0.3 is 4.74 Å². The average Bonchev–Trinajstić information content (AvgIpc) is 2.01. The first-order valence-electron chi connectivity index (χ1n) is 5.20. The number of rotatable bonds is 5. The topological polar surface area (TPSA) is 26.3 Å². The average molecular weight is 210 g/mol. The SMILES string of the molecule is C=CCC(C)(CC=C)C(=O)OC(C)(C)C. The summed E-state index contributed by atoms with van der Waals surface area (Å²) in [6.45, 7) is 14.8. The van der Waals surface area contributed by atoms with Crippen LogP contribution < -0.4 is 0 Å². The Morgan fingerprint density at radius 1 is 1.13 bits per heavy atom. The number of hydrogen-bond acceptors (Lipinski definition) is 2. The van der Waals surface area contributed by atoms with Crippen molar-refractivity contribution in [2.24, 2.45) is 5.41 Å². The molecular formula is C13H22O2. The molecule has 2 heteroatoms. The Morgan fingerprint density at radius 3 is 1.80 bits per heavy atom.